The zero-order chi connectivity index (χ0) is 18.0. The number of rotatable bonds is 4. The van der Waals surface area contributed by atoms with E-state index in [2.05, 4.69) is 10.0 Å². The predicted octanol–water partition coefficient (Wildman–Crippen LogP) is 2.05. The fourth-order valence-corrected chi connectivity index (χ4v) is 3.70. The van der Waals surface area contributed by atoms with Crippen molar-refractivity contribution in [3.63, 3.8) is 0 Å². The van der Waals surface area contributed by atoms with E-state index in [1.165, 1.54) is 19.2 Å². The third kappa shape index (κ3) is 4.05. The molecule has 1 aromatic carbocycles. The third-order valence-corrected chi connectivity index (χ3v) is 5.72. The lowest BCUT2D eigenvalue weighted by atomic mass is 10.0. The van der Waals surface area contributed by atoms with Crippen LogP contribution in [0.4, 0.5) is 0 Å². The van der Waals surface area contributed by atoms with E-state index in [0.29, 0.717) is 24.7 Å². The molecule has 2 aromatic rings. The van der Waals surface area contributed by atoms with Gasteiger partial charge in [0.25, 0.3) is 15.9 Å². The molecule has 1 atom stereocenters. The minimum atomic E-state index is -3.73. The number of carbonyl (C=O) groups excluding carboxylic acids is 1. The molecule has 0 saturated carbocycles. The highest BCUT2D eigenvalue weighted by molar-refractivity contribution is 7.89. The average molecular weight is 420 g/mol. The zero-order valence-electron chi connectivity index (χ0n) is 13.9. The van der Waals surface area contributed by atoms with Crippen LogP contribution in [0.15, 0.2) is 45.9 Å². The van der Waals surface area contributed by atoms with E-state index in [4.69, 9.17) is 16.0 Å². The van der Waals surface area contributed by atoms with Crippen molar-refractivity contribution in [2.24, 2.45) is 0 Å². The molecule has 10 heteroatoms. The van der Waals surface area contributed by atoms with Gasteiger partial charge < -0.3 is 14.6 Å². The minimum absolute atomic E-state index is 0. The number of furan rings is 1. The Morgan fingerprint density at radius 2 is 2.04 bits per heavy atom. The lowest BCUT2D eigenvalue weighted by Crippen LogP contribution is -2.48. The molecule has 0 bridgehead atoms. The quantitative estimate of drug-likeness (QED) is 0.790. The van der Waals surface area contributed by atoms with Gasteiger partial charge in [0.05, 0.1) is 6.04 Å². The van der Waals surface area contributed by atoms with E-state index in [1.54, 1.807) is 11.0 Å². The summed E-state index contributed by atoms with van der Waals surface area (Å²) in [6.07, 6.45) is 0. The standard InChI is InChI=1S/C16H18ClN3O4S.ClH/c1-18-25(22,23)15-7-6-14(24-15)16(21)20-9-8-19-10-13(20)11-4-2-3-5-12(11)17;/h2-7,13,18-19H,8-10H2,1H3;1H. The van der Waals surface area contributed by atoms with Gasteiger partial charge in [0.1, 0.15) is 0 Å². The van der Waals surface area contributed by atoms with Crippen LogP contribution in [0.25, 0.3) is 0 Å². The number of benzene rings is 1. The third-order valence-electron chi connectivity index (χ3n) is 4.09. The molecule has 1 aliphatic rings. The van der Waals surface area contributed by atoms with Gasteiger partial charge in [-0.05, 0) is 30.8 Å². The molecule has 0 aliphatic carbocycles. The summed E-state index contributed by atoms with van der Waals surface area (Å²) in [5, 5.41) is 3.53. The monoisotopic (exact) mass is 419 g/mol. The van der Waals surface area contributed by atoms with Gasteiger partial charge in [-0.25, -0.2) is 13.1 Å². The number of hydrogen-bond donors (Lipinski definition) is 2. The molecule has 2 N–H and O–H groups in total. The summed E-state index contributed by atoms with van der Waals surface area (Å²) in [5.41, 5.74) is 0.833. The van der Waals surface area contributed by atoms with E-state index in [-0.39, 0.29) is 35.2 Å². The van der Waals surface area contributed by atoms with Crippen LogP contribution in [-0.2, 0) is 10.0 Å². The molecule has 1 aromatic heterocycles. The molecule has 1 aliphatic heterocycles. The topological polar surface area (TPSA) is 91.7 Å². The Morgan fingerprint density at radius 3 is 2.73 bits per heavy atom. The van der Waals surface area contributed by atoms with E-state index in [1.807, 2.05) is 18.2 Å². The Morgan fingerprint density at radius 1 is 1.31 bits per heavy atom. The van der Waals surface area contributed by atoms with Crippen molar-refractivity contribution < 1.29 is 17.6 Å². The van der Waals surface area contributed by atoms with Crippen molar-refractivity contribution in [2.75, 3.05) is 26.7 Å². The molecule has 26 heavy (non-hydrogen) atoms. The van der Waals surface area contributed by atoms with Crippen molar-refractivity contribution in [2.45, 2.75) is 11.1 Å². The first-order valence-electron chi connectivity index (χ1n) is 7.73. The van der Waals surface area contributed by atoms with Crippen LogP contribution in [-0.4, -0.2) is 45.9 Å². The molecule has 0 radical (unpaired) electrons. The van der Waals surface area contributed by atoms with E-state index in [9.17, 15) is 13.2 Å². The lowest BCUT2D eigenvalue weighted by molar-refractivity contribution is 0.0596. The van der Waals surface area contributed by atoms with E-state index in [0.717, 1.165) is 5.56 Å². The van der Waals surface area contributed by atoms with Crippen molar-refractivity contribution in [3.05, 3.63) is 52.7 Å². The van der Waals surface area contributed by atoms with Gasteiger partial charge in [-0.3, -0.25) is 4.79 Å². The van der Waals surface area contributed by atoms with Gasteiger partial charge in [0, 0.05) is 24.7 Å². The summed E-state index contributed by atoms with van der Waals surface area (Å²) in [6.45, 7) is 1.65. The van der Waals surface area contributed by atoms with Crippen LogP contribution in [0.3, 0.4) is 0 Å². The number of amides is 1. The molecule has 1 fully saturated rings. The van der Waals surface area contributed by atoms with Crippen LogP contribution in [0.2, 0.25) is 5.02 Å². The van der Waals surface area contributed by atoms with Crippen molar-refractivity contribution >= 4 is 39.9 Å². The van der Waals surface area contributed by atoms with E-state index >= 15 is 0 Å². The van der Waals surface area contributed by atoms with Gasteiger partial charge >= 0.3 is 0 Å². The number of sulfonamides is 1. The fourth-order valence-electron chi connectivity index (χ4n) is 2.79. The molecule has 1 amide bonds. The molecule has 1 saturated heterocycles. The highest BCUT2D eigenvalue weighted by Gasteiger charge is 2.32. The second-order valence-electron chi connectivity index (χ2n) is 5.57. The molecule has 142 valence electrons. The molecule has 7 nitrogen and oxygen atoms in total. The second kappa shape index (κ2) is 8.41. The molecule has 2 heterocycles. The van der Waals surface area contributed by atoms with Gasteiger partial charge in [0.15, 0.2) is 5.76 Å². The van der Waals surface area contributed by atoms with Crippen LogP contribution in [0.1, 0.15) is 22.2 Å². The number of nitrogens with zero attached hydrogens (tertiary/aromatic N) is 1. The largest absolute Gasteiger partial charge is 0.438 e. The first kappa shape index (κ1) is 20.7. The number of halogens is 2. The highest BCUT2D eigenvalue weighted by Crippen LogP contribution is 2.30. The van der Waals surface area contributed by atoms with Crippen LogP contribution >= 0.6 is 24.0 Å². The Hall–Kier alpha value is -1.58. The summed E-state index contributed by atoms with van der Waals surface area (Å²) in [5.74, 6) is -0.392. The maximum atomic E-state index is 12.9. The number of nitrogens with one attached hydrogen (secondary N) is 2. The van der Waals surface area contributed by atoms with Crippen molar-refractivity contribution in [1.29, 1.82) is 0 Å². The van der Waals surface area contributed by atoms with E-state index < -0.39 is 10.0 Å². The number of hydrogen-bond acceptors (Lipinski definition) is 5. The van der Waals surface area contributed by atoms with Crippen molar-refractivity contribution in [3.8, 4) is 0 Å². The summed E-state index contributed by atoms with van der Waals surface area (Å²) >= 11 is 6.28. The normalized spacial score (nSPS) is 17.6. The average Bonchev–Trinajstić information content (AvgIpc) is 3.12. The SMILES string of the molecule is CNS(=O)(=O)c1ccc(C(=O)N2CCNCC2c2ccccc2Cl)o1.Cl. The molecule has 1 unspecified atom stereocenters. The first-order valence-corrected chi connectivity index (χ1v) is 9.59. The minimum Gasteiger partial charge on any atom is -0.438 e. The van der Waals surface area contributed by atoms with Gasteiger partial charge in [-0.15, -0.1) is 12.4 Å². The highest BCUT2D eigenvalue weighted by atomic mass is 35.5. The van der Waals surface area contributed by atoms with Crippen LogP contribution in [0, 0.1) is 0 Å². The van der Waals surface area contributed by atoms with Gasteiger partial charge in [-0.1, -0.05) is 29.8 Å². The maximum Gasteiger partial charge on any atom is 0.290 e. The Kier molecular flexibility index (Phi) is 6.70. The lowest BCUT2D eigenvalue weighted by Gasteiger charge is -2.36. The van der Waals surface area contributed by atoms with Crippen LogP contribution < -0.4 is 10.0 Å². The Labute approximate surface area is 163 Å². The van der Waals surface area contributed by atoms with Crippen LogP contribution in [0.5, 0.6) is 0 Å². The van der Waals surface area contributed by atoms with Crippen molar-refractivity contribution in [1.82, 2.24) is 14.9 Å². The second-order valence-corrected chi connectivity index (χ2v) is 7.79. The summed E-state index contributed by atoms with van der Waals surface area (Å²) in [6, 6.07) is 9.73. The Bertz CT molecular complexity index is 885. The summed E-state index contributed by atoms with van der Waals surface area (Å²) < 4.78 is 31.0. The smallest absolute Gasteiger partial charge is 0.290 e. The Balaban J connectivity index is 0.00000243. The molecular formula is C16H19Cl2N3O4S. The number of piperazine rings is 1. The molecule has 3 rings (SSSR count). The maximum absolute atomic E-state index is 12.9. The summed E-state index contributed by atoms with van der Waals surface area (Å²) in [4.78, 5) is 14.5. The fraction of sp³-hybridized carbons (Fsp3) is 0.312. The predicted molar refractivity (Wildman–Crippen MR) is 100 cm³/mol. The zero-order valence-corrected chi connectivity index (χ0v) is 16.3. The molecule has 0 spiro atoms. The number of carbonyl (C=O) groups is 1. The van der Waals surface area contributed by atoms with Gasteiger partial charge in [-0.2, -0.15) is 0 Å². The molecular weight excluding hydrogens is 401 g/mol. The summed E-state index contributed by atoms with van der Waals surface area (Å²) in [7, 11) is -2.45. The van der Waals surface area contributed by atoms with Gasteiger partial charge in [0.2, 0.25) is 5.09 Å². The first-order chi connectivity index (χ1) is 11.9.